The van der Waals surface area contributed by atoms with E-state index in [-0.39, 0.29) is 0 Å². The van der Waals surface area contributed by atoms with Crippen LogP contribution >= 0.6 is 11.3 Å². The molecule has 3 heteroatoms. The van der Waals surface area contributed by atoms with E-state index in [1.165, 1.54) is 17.8 Å². The lowest BCUT2D eigenvalue weighted by Crippen LogP contribution is -2.43. The van der Waals surface area contributed by atoms with Gasteiger partial charge in [0.1, 0.15) is 0 Å². The molecule has 0 saturated carbocycles. The Balaban J connectivity index is 2.69. The number of thiazole rings is 1. The summed E-state index contributed by atoms with van der Waals surface area (Å²) in [7, 11) is 0. The van der Waals surface area contributed by atoms with Gasteiger partial charge in [-0.25, -0.2) is 4.98 Å². The molecule has 0 aliphatic carbocycles. The Kier molecular flexibility index (Phi) is 5.60. The fourth-order valence-corrected chi connectivity index (χ4v) is 2.68. The van der Waals surface area contributed by atoms with E-state index in [0.29, 0.717) is 11.5 Å². The standard InChI is InChI=1S/C14H26N2S/c1-6-8-15-12(14(4,5)7-2)9-13-16-11(3)10-17-13/h10,12,15H,6-9H2,1-5H3. The van der Waals surface area contributed by atoms with Crippen LogP contribution in [-0.2, 0) is 6.42 Å². The number of hydrogen-bond acceptors (Lipinski definition) is 3. The van der Waals surface area contributed by atoms with Crippen LogP contribution in [0.4, 0.5) is 0 Å². The Labute approximate surface area is 110 Å². The Morgan fingerprint density at radius 2 is 2.12 bits per heavy atom. The first-order valence-corrected chi connectivity index (χ1v) is 7.52. The van der Waals surface area contributed by atoms with Crippen molar-refractivity contribution in [1.29, 1.82) is 0 Å². The molecule has 1 aromatic heterocycles. The summed E-state index contributed by atoms with van der Waals surface area (Å²) in [5.74, 6) is 0. The van der Waals surface area contributed by atoms with Crippen molar-refractivity contribution in [1.82, 2.24) is 10.3 Å². The summed E-state index contributed by atoms with van der Waals surface area (Å²) < 4.78 is 0. The smallest absolute Gasteiger partial charge is 0.0943 e. The zero-order valence-electron chi connectivity index (χ0n) is 11.8. The topological polar surface area (TPSA) is 24.9 Å². The number of aromatic nitrogens is 1. The molecule has 1 aromatic rings. The van der Waals surface area contributed by atoms with Crippen molar-refractivity contribution in [3.05, 3.63) is 16.1 Å². The van der Waals surface area contributed by atoms with Crippen LogP contribution in [0.2, 0.25) is 0 Å². The van der Waals surface area contributed by atoms with Crippen molar-refractivity contribution < 1.29 is 0 Å². The highest BCUT2D eigenvalue weighted by atomic mass is 32.1. The first-order chi connectivity index (χ1) is 7.99. The summed E-state index contributed by atoms with van der Waals surface area (Å²) in [4.78, 5) is 4.58. The summed E-state index contributed by atoms with van der Waals surface area (Å²) in [6.45, 7) is 12.4. The van der Waals surface area contributed by atoms with Crippen LogP contribution in [0.15, 0.2) is 5.38 Å². The van der Waals surface area contributed by atoms with E-state index in [1.54, 1.807) is 11.3 Å². The average Bonchev–Trinajstić information content (AvgIpc) is 2.70. The fourth-order valence-electron chi connectivity index (χ4n) is 1.86. The Hall–Kier alpha value is -0.410. The second-order valence-electron chi connectivity index (χ2n) is 5.44. The highest BCUT2D eigenvalue weighted by Crippen LogP contribution is 2.28. The van der Waals surface area contributed by atoms with E-state index >= 15 is 0 Å². The first-order valence-electron chi connectivity index (χ1n) is 6.64. The van der Waals surface area contributed by atoms with Gasteiger partial charge in [0.2, 0.25) is 0 Å². The maximum Gasteiger partial charge on any atom is 0.0943 e. The van der Waals surface area contributed by atoms with Crippen molar-refractivity contribution in [3.8, 4) is 0 Å². The predicted octanol–water partition coefficient (Wildman–Crippen LogP) is 3.80. The van der Waals surface area contributed by atoms with Gasteiger partial charge in [-0.05, 0) is 31.7 Å². The van der Waals surface area contributed by atoms with E-state index in [9.17, 15) is 0 Å². The third kappa shape index (κ3) is 4.40. The molecule has 0 fully saturated rings. The van der Waals surface area contributed by atoms with Gasteiger partial charge in [0.15, 0.2) is 0 Å². The maximum absolute atomic E-state index is 4.58. The molecule has 0 bridgehead atoms. The molecule has 1 unspecified atom stereocenters. The lowest BCUT2D eigenvalue weighted by molar-refractivity contribution is 0.230. The van der Waals surface area contributed by atoms with Gasteiger partial charge in [0.25, 0.3) is 0 Å². The molecule has 0 aromatic carbocycles. The van der Waals surface area contributed by atoms with Gasteiger partial charge in [-0.3, -0.25) is 0 Å². The van der Waals surface area contributed by atoms with Gasteiger partial charge >= 0.3 is 0 Å². The van der Waals surface area contributed by atoms with Crippen LogP contribution in [0.3, 0.4) is 0 Å². The fraction of sp³-hybridized carbons (Fsp3) is 0.786. The molecule has 2 nitrogen and oxygen atoms in total. The number of nitrogens with one attached hydrogen (secondary N) is 1. The predicted molar refractivity (Wildman–Crippen MR) is 76.7 cm³/mol. The molecule has 1 N–H and O–H groups in total. The largest absolute Gasteiger partial charge is 0.313 e. The summed E-state index contributed by atoms with van der Waals surface area (Å²) in [6.07, 6.45) is 3.44. The zero-order valence-corrected chi connectivity index (χ0v) is 12.7. The number of hydrogen-bond donors (Lipinski definition) is 1. The molecule has 0 radical (unpaired) electrons. The van der Waals surface area contributed by atoms with Crippen LogP contribution < -0.4 is 5.32 Å². The molecule has 0 saturated heterocycles. The normalized spacial score (nSPS) is 13.9. The van der Waals surface area contributed by atoms with E-state index in [1.807, 2.05) is 0 Å². The van der Waals surface area contributed by atoms with E-state index in [4.69, 9.17) is 0 Å². The quantitative estimate of drug-likeness (QED) is 0.800. The SMILES string of the molecule is CCCNC(Cc1nc(C)cs1)C(C)(C)CC. The first kappa shape index (κ1) is 14.7. The minimum Gasteiger partial charge on any atom is -0.313 e. The van der Waals surface area contributed by atoms with Crippen LogP contribution in [-0.4, -0.2) is 17.6 Å². The average molecular weight is 254 g/mol. The van der Waals surface area contributed by atoms with Crippen molar-refractivity contribution in [2.45, 2.75) is 59.9 Å². The molecule has 17 heavy (non-hydrogen) atoms. The highest BCUT2D eigenvalue weighted by molar-refractivity contribution is 7.09. The number of aryl methyl sites for hydroxylation is 1. The molecule has 1 rings (SSSR count). The third-order valence-corrected chi connectivity index (χ3v) is 4.53. The van der Waals surface area contributed by atoms with Crippen molar-refractivity contribution in [2.24, 2.45) is 5.41 Å². The van der Waals surface area contributed by atoms with Gasteiger partial charge in [-0.2, -0.15) is 0 Å². The molecule has 0 amide bonds. The Bertz CT molecular complexity index is 331. The molecule has 1 heterocycles. The minimum atomic E-state index is 0.328. The summed E-state index contributed by atoms with van der Waals surface area (Å²) >= 11 is 1.79. The van der Waals surface area contributed by atoms with Crippen LogP contribution in [0.5, 0.6) is 0 Å². The monoisotopic (exact) mass is 254 g/mol. The van der Waals surface area contributed by atoms with Gasteiger partial charge < -0.3 is 5.32 Å². The molecule has 1 atom stereocenters. The summed E-state index contributed by atoms with van der Waals surface area (Å²) in [5, 5.41) is 7.09. The third-order valence-electron chi connectivity index (χ3n) is 3.54. The molecule has 0 aliphatic rings. The maximum atomic E-state index is 4.58. The van der Waals surface area contributed by atoms with Crippen molar-refractivity contribution in [3.63, 3.8) is 0 Å². The Morgan fingerprint density at radius 1 is 1.41 bits per heavy atom. The van der Waals surface area contributed by atoms with Gasteiger partial charge in [-0.15, -0.1) is 11.3 Å². The molecular formula is C14H26N2S. The molecule has 0 aliphatic heterocycles. The minimum absolute atomic E-state index is 0.328. The lowest BCUT2D eigenvalue weighted by Gasteiger charge is -2.34. The highest BCUT2D eigenvalue weighted by Gasteiger charge is 2.27. The van der Waals surface area contributed by atoms with E-state index < -0.39 is 0 Å². The van der Waals surface area contributed by atoms with Crippen LogP contribution in [0, 0.1) is 12.3 Å². The summed E-state index contributed by atoms with van der Waals surface area (Å²) in [5.41, 5.74) is 1.47. The molecular weight excluding hydrogens is 228 g/mol. The zero-order chi connectivity index (χ0) is 12.9. The van der Waals surface area contributed by atoms with Crippen LogP contribution in [0.1, 0.15) is 51.2 Å². The van der Waals surface area contributed by atoms with Crippen LogP contribution in [0.25, 0.3) is 0 Å². The second-order valence-corrected chi connectivity index (χ2v) is 6.38. The van der Waals surface area contributed by atoms with Crippen molar-refractivity contribution >= 4 is 11.3 Å². The number of rotatable bonds is 7. The Morgan fingerprint density at radius 3 is 2.59 bits per heavy atom. The van der Waals surface area contributed by atoms with E-state index in [0.717, 1.165) is 18.7 Å². The van der Waals surface area contributed by atoms with Gasteiger partial charge in [0, 0.05) is 23.5 Å². The van der Waals surface area contributed by atoms with Gasteiger partial charge in [0.05, 0.1) is 5.01 Å². The second kappa shape index (κ2) is 6.50. The van der Waals surface area contributed by atoms with Crippen molar-refractivity contribution in [2.75, 3.05) is 6.54 Å². The molecule has 0 spiro atoms. The van der Waals surface area contributed by atoms with Gasteiger partial charge in [-0.1, -0.05) is 27.7 Å². The molecule has 98 valence electrons. The number of nitrogens with zero attached hydrogens (tertiary/aromatic N) is 1. The summed E-state index contributed by atoms with van der Waals surface area (Å²) in [6, 6.07) is 0.526. The lowest BCUT2D eigenvalue weighted by atomic mass is 9.80. The van der Waals surface area contributed by atoms with E-state index in [2.05, 4.69) is 50.3 Å².